The van der Waals surface area contributed by atoms with Crippen LogP contribution < -0.4 is 0 Å². The van der Waals surface area contributed by atoms with E-state index in [2.05, 4.69) is 11.7 Å². The number of carbonyl (C=O) groups is 2. The molecule has 0 bridgehead atoms. The minimum absolute atomic E-state index is 0.129. The van der Waals surface area contributed by atoms with Gasteiger partial charge in [0.2, 0.25) is 0 Å². The van der Waals surface area contributed by atoms with Gasteiger partial charge in [0.15, 0.2) is 0 Å². The molecule has 0 radical (unpaired) electrons. The van der Waals surface area contributed by atoms with Gasteiger partial charge in [0.25, 0.3) is 0 Å². The van der Waals surface area contributed by atoms with Gasteiger partial charge in [-0.1, -0.05) is 26.2 Å². The van der Waals surface area contributed by atoms with E-state index in [1.165, 1.54) is 7.11 Å². The molecule has 0 aliphatic carbocycles. The lowest BCUT2D eigenvalue weighted by molar-refractivity contribution is -0.153. The summed E-state index contributed by atoms with van der Waals surface area (Å²) in [5.41, 5.74) is 0. The van der Waals surface area contributed by atoms with Crippen molar-refractivity contribution >= 4 is 11.9 Å². The van der Waals surface area contributed by atoms with E-state index in [0.29, 0.717) is 13.0 Å². The third-order valence-electron chi connectivity index (χ3n) is 2.41. The molecule has 4 nitrogen and oxygen atoms in total. The highest BCUT2D eigenvalue weighted by Gasteiger charge is 2.22. The Kier molecular flexibility index (Phi) is 8.58. The van der Waals surface area contributed by atoms with Gasteiger partial charge in [-0.2, -0.15) is 0 Å². The molecule has 0 aliphatic heterocycles. The second-order valence-corrected chi connectivity index (χ2v) is 3.73. The molecule has 0 saturated heterocycles. The van der Waals surface area contributed by atoms with Crippen LogP contribution in [0.5, 0.6) is 0 Å². The molecule has 0 aliphatic rings. The van der Waals surface area contributed by atoms with E-state index in [-0.39, 0.29) is 24.3 Å². The first-order valence-electron chi connectivity index (χ1n) is 5.89. The average Bonchev–Trinajstić information content (AvgIpc) is 2.27. The van der Waals surface area contributed by atoms with Crippen LogP contribution in [0.1, 0.15) is 46.0 Å². The van der Waals surface area contributed by atoms with Crippen molar-refractivity contribution in [2.75, 3.05) is 13.7 Å². The normalized spacial score (nSPS) is 11.9. The number of hydrogen-bond acceptors (Lipinski definition) is 4. The second-order valence-electron chi connectivity index (χ2n) is 3.73. The summed E-state index contributed by atoms with van der Waals surface area (Å²) in [6.45, 7) is 4.20. The second kappa shape index (κ2) is 9.19. The van der Waals surface area contributed by atoms with Crippen LogP contribution in [0.15, 0.2) is 0 Å². The zero-order chi connectivity index (χ0) is 12.4. The highest BCUT2D eigenvalue weighted by atomic mass is 16.5. The Hall–Kier alpha value is -1.06. The quantitative estimate of drug-likeness (QED) is 0.474. The first kappa shape index (κ1) is 14.9. The number of rotatable bonds is 8. The molecule has 0 spiro atoms. The average molecular weight is 230 g/mol. The minimum atomic E-state index is -0.351. The zero-order valence-corrected chi connectivity index (χ0v) is 10.5. The van der Waals surface area contributed by atoms with Crippen molar-refractivity contribution < 1.29 is 19.1 Å². The number of methoxy groups -OCH3 is 1. The lowest BCUT2D eigenvalue weighted by Gasteiger charge is -2.13. The molecule has 0 fully saturated rings. The molecule has 0 aromatic heterocycles. The summed E-state index contributed by atoms with van der Waals surface area (Å²) in [4.78, 5) is 22.7. The maximum absolute atomic E-state index is 11.4. The van der Waals surface area contributed by atoms with E-state index < -0.39 is 0 Å². The number of ether oxygens (including phenoxy) is 2. The van der Waals surface area contributed by atoms with Crippen LogP contribution in [-0.2, 0) is 19.1 Å². The van der Waals surface area contributed by atoms with Crippen molar-refractivity contribution in [3.05, 3.63) is 0 Å². The van der Waals surface area contributed by atoms with Crippen molar-refractivity contribution in [3.8, 4) is 0 Å². The fourth-order valence-electron chi connectivity index (χ4n) is 1.53. The summed E-state index contributed by atoms with van der Waals surface area (Å²) >= 11 is 0. The van der Waals surface area contributed by atoms with E-state index in [0.717, 1.165) is 19.3 Å². The fourth-order valence-corrected chi connectivity index (χ4v) is 1.53. The van der Waals surface area contributed by atoms with Gasteiger partial charge in [0.05, 0.1) is 26.1 Å². The van der Waals surface area contributed by atoms with Crippen LogP contribution in [0.25, 0.3) is 0 Å². The van der Waals surface area contributed by atoms with Crippen molar-refractivity contribution in [2.45, 2.75) is 46.0 Å². The minimum Gasteiger partial charge on any atom is -0.469 e. The molecule has 94 valence electrons. The highest BCUT2D eigenvalue weighted by Crippen LogP contribution is 2.16. The van der Waals surface area contributed by atoms with E-state index in [1.807, 2.05) is 0 Å². The molecule has 4 heteroatoms. The Morgan fingerprint density at radius 3 is 2.38 bits per heavy atom. The van der Waals surface area contributed by atoms with E-state index in [9.17, 15) is 9.59 Å². The van der Waals surface area contributed by atoms with Gasteiger partial charge in [-0.15, -0.1) is 0 Å². The van der Waals surface area contributed by atoms with Crippen LogP contribution in [-0.4, -0.2) is 25.7 Å². The standard InChI is InChI=1S/C12H22O4/c1-4-6-7-8-10(12(14)15-3)9-11(13)16-5-2/h10H,4-9H2,1-3H3. The third-order valence-corrected chi connectivity index (χ3v) is 2.41. The molecule has 16 heavy (non-hydrogen) atoms. The van der Waals surface area contributed by atoms with E-state index in [4.69, 9.17) is 4.74 Å². The van der Waals surface area contributed by atoms with Crippen LogP contribution in [0, 0.1) is 5.92 Å². The highest BCUT2D eigenvalue weighted by molar-refractivity contribution is 5.79. The lowest BCUT2D eigenvalue weighted by atomic mass is 9.98. The summed E-state index contributed by atoms with van der Waals surface area (Å²) < 4.78 is 9.50. The molecule has 1 unspecified atom stereocenters. The molecule has 1 atom stereocenters. The Morgan fingerprint density at radius 2 is 1.88 bits per heavy atom. The van der Waals surface area contributed by atoms with E-state index >= 15 is 0 Å². The van der Waals surface area contributed by atoms with E-state index in [1.54, 1.807) is 6.92 Å². The van der Waals surface area contributed by atoms with Crippen LogP contribution >= 0.6 is 0 Å². The molecule has 0 aromatic carbocycles. The van der Waals surface area contributed by atoms with Gasteiger partial charge in [-0.25, -0.2) is 0 Å². The number of carbonyl (C=O) groups excluding carboxylic acids is 2. The predicted molar refractivity (Wildman–Crippen MR) is 60.9 cm³/mol. The topological polar surface area (TPSA) is 52.6 Å². The van der Waals surface area contributed by atoms with Gasteiger partial charge >= 0.3 is 11.9 Å². The molecular weight excluding hydrogens is 208 g/mol. The Balaban J connectivity index is 4.09. The Morgan fingerprint density at radius 1 is 1.19 bits per heavy atom. The summed E-state index contributed by atoms with van der Waals surface area (Å²) in [5.74, 6) is -0.992. The maximum Gasteiger partial charge on any atom is 0.309 e. The molecule has 0 saturated carbocycles. The zero-order valence-electron chi connectivity index (χ0n) is 10.5. The van der Waals surface area contributed by atoms with Gasteiger partial charge in [-0.05, 0) is 13.3 Å². The predicted octanol–water partition coefficient (Wildman–Crippen LogP) is 2.31. The lowest BCUT2D eigenvalue weighted by Crippen LogP contribution is -2.21. The first-order valence-corrected chi connectivity index (χ1v) is 5.89. The van der Waals surface area contributed by atoms with Gasteiger partial charge in [-0.3, -0.25) is 9.59 Å². The smallest absolute Gasteiger partial charge is 0.309 e. The van der Waals surface area contributed by atoms with Crippen LogP contribution in [0.3, 0.4) is 0 Å². The van der Waals surface area contributed by atoms with Crippen molar-refractivity contribution in [2.24, 2.45) is 5.92 Å². The van der Waals surface area contributed by atoms with Crippen molar-refractivity contribution in [1.82, 2.24) is 0 Å². The fraction of sp³-hybridized carbons (Fsp3) is 0.833. The Labute approximate surface area is 97.3 Å². The largest absolute Gasteiger partial charge is 0.469 e. The molecule has 0 rings (SSSR count). The SMILES string of the molecule is CCCCCC(CC(=O)OCC)C(=O)OC. The van der Waals surface area contributed by atoms with Gasteiger partial charge < -0.3 is 9.47 Å². The third kappa shape index (κ3) is 6.43. The van der Waals surface area contributed by atoms with Crippen molar-refractivity contribution in [3.63, 3.8) is 0 Å². The van der Waals surface area contributed by atoms with Crippen molar-refractivity contribution in [1.29, 1.82) is 0 Å². The van der Waals surface area contributed by atoms with Crippen LogP contribution in [0.4, 0.5) is 0 Å². The molecule has 0 heterocycles. The summed E-state index contributed by atoms with van der Waals surface area (Å²) in [5, 5.41) is 0. The van der Waals surface area contributed by atoms with Crippen LogP contribution in [0.2, 0.25) is 0 Å². The number of hydrogen-bond donors (Lipinski definition) is 0. The summed E-state index contributed by atoms with van der Waals surface area (Å²) in [6, 6.07) is 0. The number of esters is 2. The summed E-state index contributed by atoms with van der Waals surface area (Å²) in [6.07, 6.45) is 3.92. The summed E-state index contributed by atoms with van der Waals surface area (Å²) in [7, 11) is 1.35. The maximum atomic E-state index is 11.4. The van der Waals surface area contributed by atoms with Gasteiger partial charge in [0.1, 0.15) is 0 Å². The molecule has 0 N–H and O–H groups in total. The van der Waals surface area contributed by atoms with Gasteiger partial charge in [0, 0.05) is 0 Å². The number of unbranched alkanes of at least 4 members (excludes halogenated alkanes) is 2. The molecular formula is C12H22O4. The molecule has 0 aromatic rings. The monoisotopic (exact) mass is 230 g/mol. The Bertz CT molecular complexity index is 213. The molecule has 0 amide bonds. The first-order chi connectivity index (χ1) is 7.65.